The summed E-state index contributed by atoms with van der Waals surface area (Å²) < 4.78 is 1.67. The SMILES string of the molecule is CCC(C)NC(=O)C(C)NC(=O)c1cc(-c2ccccc2)nc2c1c(C)nn2C. The quantitative estimate of drug-likeness (QED) is 0.674. The number of pyridine rings is 1. The van der Waals surface area contributed by atoms with Gasteiger partial charge in [0.15, 0.2) is 5.65 Å². The van der Waals surface area contributed by atoms with Gasteiger partial charge >= 0.3 is 0 Å². The molecule has 2 N–H and O–H groups in total. The van der Waals surface area contributed by atoms with Gasteiger partial charge in [-0.25, -0.2) is 4.98 Å². The van der Waals surface area contributed by atoms with Crippen molar-refractivity contribution in [2.45, 2.75) is 46.2 Å². The first kappa shape index (κ1) is 20.5. The molecule has 152 valence electrons. The Morgan fingerprint density at radius 2 is 1.83 bits per heavy atom. The average molecular weight is 393 g/mol. The van der Waals surface area contributed by atoms with Crippen molar-refractivity contribution in [2.75, 3.05) is 0 Å². The molecule has 2 heterocycles. The molecule has 2 amide bonds. The Balaban J connectivity index is 1.99. The maximum atomic E-state index is 13.1. The molecule has 0 saturated heterocycles. The number of aromatic nitrogens is 3. The number of carbonyl (C=O) groups excluding carboxylic acids is 2. The number of rotatable bonds is 6. The van der Waals surface area contributed by atoms with Crippen LogP contribution in [0.4, 0.5) is 0 Å². The van der Waals surface area contributed by atoms with Crippen LogP contribution in [0.15, 0.2) is 36.4 Å². The summed E-state index contributed by atoms with van der Waals surface area (Å²) in [5, 5.41) is 10.8. The van der Waals surface area contributed by atoms with Crippen LogP contribution in [0, 0.1) is 6.92 Å². The zero-order valence-corrected chi connectivity index (χ0v) is 17.5. The van der Waals surface area contributed by atoms with Crippen LogP contribution in [0.2, 0.25) is 0 Å². The van der Waals surface area contributed by atoms with Crippen molar-refractivity contribution < 1.29 is 9.59 Å². The Morgan fingerprint density at radius 1 is 1.14 bits per heavy atom. The number of nitrogens with one attached hydrogen (secondary N) is 2. The summed E-state index contributed by atoms with van der Waals surface area (Å²) in [4.78, 5) is 30.2. The molecule has 2 atom stereocenters. The van der Waals surface area contributed by atoms with E-state index in [0.29, 0.717) is 22.3 Å². The van der Waals surface area contributed by atoms with Gasteiger partial charge in [0.2, 0.25) is 5.91 Å². The Bertz CT molecular complexity index is 1040. The summed E-state index contributed by atoms with van der Waals surface area (Å²) in [6.07, 6.45) is 0.826. The van der Waals surface area contributed by atoms with Crippen LogP contribution < -0.4 is 10.6 Å². The maximum Gasteiger partial charge on any atom is 0.252 e. The lowest BCUT2D eigenvalue weighted by atomic mass is 10.0. The Morgan fingerprint density at radius 3 is 2.48 bits per heavy atom. The van der Waals surface area contributed by atoms with E-state index in [1.54, 1.807) is 24.7 Å². The predicted octanol–water partition coefficient (Wildman–Crippen LogP) is 2.98. The van der Waals surface area contributed by atoms with Crippen molar-refractivity contribution in [3.05, 3.63) is 47.7 Å². The van der Waals surface area contributed by atoms with Crippen LogP contribution in [0.25, 0.3) is 22.3 Å². The molecule has 7 heteroatoms. The zero-order valence-electron chi connectivity index (χ0n) is 17.5. The molecule has 0 aliphatic heterocycles. The lowest BCUT2D eigenvalue weighted by molar-refractivity contribution is -0.123. The zero-order chi connectivity index (χ0) is 21.1. The van der Waals surface area contributed by atoms with E-state index in [-0.39, 0.29) is 17.9 Å². The largest absolute Gasteiger partial charge is 0.352 e. The van der Waals surface area contributed by atoms with Gasteiger partial charge in [0, 0.05) is 18.7 Å². The Labute approximate surface area is 170 Å². The maximum absolute atomic E-state index is 13.1. The van der Waals surface area contributed by atoms with E-state index in [4.69, 9.17) is 4.98 Å². The molecule has 0 bridgehead atoms. The normalized spacial score (nSPS) is 13.1. The van der Waals surface area contributed by atoms with Crippen LogP contribution in [0.1, 0.15) is 43.2 Å². The number of carbonyl (C=O) groups is 2. The fourth-order valence-electron chi connectivity index (χ4n) is 3.19. The van der Waals surface area contributed by atoms with Gasteiger partial charge in [-0.1, -0.05) is 37.3 Å². The summed E-state index contributed by atoms with van der Waals surface area (Å²) in [6.45, 7) is 7.46. The molecule has 3 rings (SSSR count). The van der Waals surface area contributed by atoms with Gasteiger partial charge in [0.25, 0.3) is 5.91 Å². The van der Waals surface area contributed by atoms with E-state index in [1.807, 2.05) is 51.1 Å². The third kappa shape index (κ3) is 4.29. The molecule has 0 saturated carbocycles. The van der Waals surface area contributed by atoms with E-state index in [2.05, 4.69) is 15.7 Å². The number of amides is 2. The first-order valence-corrected chi connectivity index (χ1v) is 9.82. The second-order valence-corrected chi connectivity index (χ2v) is 7.34. The molecule has 0 spiro atoms. The van der Waals surface area contributed by atoms with Gasteiger partial charge in [0.05, 0.1) is 22.3 Å². The second-order valence-electron chi connectivity index (χ2n) is 7.34. The molecular formula is C22H27N5O2. The van der Waals surface area contributed by atoms with Crippen LogP contribution in [0.3, 0.4) is 0 Å². The number of aryl methyl sites for hydroxylation is 2. The van der Waals surface area contributed by atoms with Gasteiger partial charge in [-0.2, -0.15) is 5.10 Å². The van der Waals surface area contributed by atoms with Gasteiger partial charge in [0.1, 0.15) is 6.04 Å². The van der Waals surface area contributed by atoms with Crippen molar-refractivity contribution in [2.24, 2.45) is 7.05 Å². The number of fused-ring (bicyclic) bond motifs is 1. The Kier molecular flexibility index (Phi) is 5.96. The number of benzene rings is 1. The highest BCUT2D eigenvalue weighted by atomic mass is 16.2. The molecule has 0 radical (unpaired) electrons. The molecule has 7 nitrogen and oxygen atoms in total. The highest BCUT2D eigenvalue weighted by Crippen LogP contribution is 2.26. The number of hydrogen-bond donors (Lipinski definition) is 2. The van der Waals surface area contributed by atoms with Crippen molar-refractivity contribution in [3.63, 3.8) is 0 Å². The standard InChI is InChI=1S/C22H27N5O2/c1-6-13(2)23-21(28)15(4)24-22(29)17-12-18(16-10-8-7-9-11-16)25-20-19(17)14(3)26-27(20)5/h7-13,15H,6H2,1-5H3,(H,23,28)(H,24,29). The number of hydrogen-bond acceptors (Lipinski definition) is 4. The van der Waals surface area contributed by atoms with Crippen LogP contribution in [0.5, 0.6) is 0 Å². The van der Waals surface area contributed by atoms with Crippen LogP contribution in [-0.2, 0) is 11.8 Å². The van der Waals surface area contributed by atoms with Gasteiger partial charge in [-0.15, -0.1) is 0 Å². The number of nitrogens with zero attached hydrogens (tertiary/aromatic N) is 3. The van der Waals surface area contributed by atoms with Gasteiger partial charge < -0.3 is 10.6 Å². The first-order chi connectivity index (χ1) is 13.8. The fraction of sp³-hybridized carbons (Fsp3) is 0.364. The summed E-state index contributed by atoms with van der Waals surface area (Å²) in [5.41, 5.74) is 3.40. The summed E-state index contributed by atoms with van der Waals surface area (Å²) in [7, 11) is 1.81. The minimum Gasteiger partial charge on any atom is -0.352 e. The van der Waals surface area contributed by atoms with Crippen LogP contribution >= 0.6 is 0 Å². The molecule has 0 aliphatic rings. The van der Waals surface area contributed by atoms with E-state index < -0.39 is 6.04 Å². The third-order valence-corrected chi connectivity index (χ3v) is 5.02. The first-order valence-electron chi connectivity index (χ1n) is 9.82. The van der Waals surface area contributed by atoms with Crippen molar-refractivity contribution in [1.82, 2.24) is 25.4 Å². The summed E-state index contributed by atoms with van der Waals surface area (Å²) in [5.74, 6) is -0.526. The Hall–Kier alpha value is -3.22. The van der Waals surface area contributed by atoms with Gasteiger partial charge in [-0.3, -0.25) is 14.3 Å². The van der Waals surface area contributed by atoms with Crippen molar-refractivity contribution >= 4 is 22.8 Å². The molecule has 0 fully saturated rings. The van der Waals surface area contributed by atoms with E-state index in [0.717, 1.165) is 17.7 Å². The highest BCUT2D eigenvalue weighted by molar-refractivity contribution is 6.08. The van der Waals surface area contributed by atoms with E-state index >= 15 is 0 Å². The molecule has 3 aromatic rings. The monoisotopic (exact) mass is 393 g/mol. The van der Waals surface area contributed by atoms with Gasteiger partial charge in [-0.05, 0) is 33.3 Å². The smallest absolute Gasteiger partial charge is 0.252 e. The second kappa shape index (κ2) is 8.43. The average Bonchev–Trinajstić information content (AvgIpc) is 3.01. The van der Waals surface area contributed by atoms with Crippen molar-refractivity contribution in [1.29, 1.82) is 0 Å². The van der Waals surface area contributed by atoms with Crippen LogP contribution in [-0.4, -0.2) is 38.7 Å². The van der Waals surface area contributed by atoms with E-state index in [9.17, 15) is 9.59 Å². The molecule has 0 aliphatic carbocycles. The summed E-state index contributed by atoms with van der Waals surface area (Å²) in [6, 6.07) is 10.8. The van der Waals surface area contributed by atoms with E-state index in [1.165, 1.54) is 0 Å². The van der Waals surface area contributed by atoms with Crippen molar-refractivity contribution in [3.8, 4) is 11.3 Å². The molecule has 2 unspecified atom stereocenters. The topological polar surface area (TPSA) is 88.9 Å². The predicted molar refractivity (Wildman–Crippen MR) is 114 cm³/mol. The fourth-order valence-corrected chi connectivity index (χ4v) is 3.19. The third-order valence-electron chi connectivity index (χ3n) is 5.02. The molecular weight excluding hydrogens is 366 g/mol. The molecule has 29 heavy (non-hydrogen) atoms. The molecule has 1 aromatic carbocycles. The summed E-state index contributed by atoms with van der Waals surface area (Å²) >= 11 is 0. The minimum absolute atomic E-state index is 0.0553. The minimum atomic E-state index is -0.656. The lowest BCUT2D eigenvalue weighted by Gasteiger charge is -2.18. The highest BCUT2D eigenvalue weighted by Gasteiger charge is 2.23. The molecule has 2 aromatic heterocycles. The lowest BCUT2D eigenvalue weighted by Crippen LogP contribution is -2.47.